The Bertz CT molecular complexity index is 561. The molecule has 2 fully saturated rings. The number of hydrogen-bond donors (Lipinski definition) is 1. The van der Waals surface area contributed by atoms with Crippen LogP contribution in [0.3, 0.4) is 0 Å². The molecular formula is C19H29N3O2S. The van der Waals surface area contributed by atoms with Crippen molar-refractivity contribution in [2.24, 2.45) is 0 Å². The fourth-order valence-corrected chi connectivity index (χ4v) is 4.56. The molecular weight excluding hydrogens is 334 g/mol. The number of likely N-dealkylation sites (tertiary alicyclic amines) is 1. The summed E-state index contributed by atoms with van der Waals surface area (Å²) in [6, 6.07) is 4.49. The maximum Gasteiger partial charge on any atom is 0.236 e. The number of thiophene rings is 1. The molecule has 0 aromatic carbocycles. The van der Waals surface area contributed by atoms with Crippen LogP contribution in [0.5, 0.6) is 0 Å². The predicted molar refractivity (Wildman–Crippen MR) is 101 cm³/mol. The van der Waals surface area contributed by atoms with E-state index in [-0.39, 0.29) is 17.9 Å². The lowest BCUT2D eigenvalue weighted by atomic mass is 10.0. The van der Waals surface area contributed by atoms with E-state index in [0.29, 0.717) is 13.0 Å². The maximum atomic E-state index is 12.5. The lowest BCUT2D eigenvalue weighted by molar-refractivity contribution is -0.140. The summed E-state index contributed by atoms with van der Waals surface area (Å²) in [4.78, 5) is 30.0. The van der Waals surface area contributed by atoms with Crippen LogP contribution in [0.2, 0.25) is 0 Å². The molecule has 138 valence electrons. The van der Waals surface area contributed by atoms with Crippen molar-refractivity contribution < 1.29 is 9.59 Å². The Kier molecular flexibility index (Phi) is 6.87. The molecule has 1 N–H and O–H groups in total. The van der Waals surface area contributed by atoms with Gasteiger partial charge in [0.1, 0.15) is 0 Å². The molecule has 2 aliphatic rings. The van der Waals surface area contributed by atoms with Gasteiger partial charge in [-0.3, -0.25) is 9.59 Å². The molecule has 0 radical (unpaired) electrons. The van der Waals surface area contributed by atoms with Gasteiger partial charge in [-0.2, -0.15) is 0 Å². The van der Waals surface area contributed by atoms with E-state index < -0.39 is 0 Å². The maximum absolute atomic E-state index is 12.5. The summed E-state index contributed by atoms with van der Waals surface area (Å²) in [7, 11) is 0. The second kappa shape index (κ2) is 9.34. The van der Waals surface area contributed by atoms with Crippen molar-refractivity contribution in [1.29, 1.82) is 0 Å². The Hall–Kier alpha value is -1.40. The van der Waals surface area contributed by atoms with Crippen molar-refractivity contribution in [3.63, 3.8) is 0 Å². The largest absolute Gasteiger partial charge is 0.341 e. The van der Waals surface area contributed by atoms with Crippen molar-refractivity contribution in [3.05, 3.63) is 22.4 Å². The van der Waals surface area contributed by atoms with Crippen molar-refractivity contribution in [1.82, 2.24) is 15.1 Å². The van der Waals surface area contributed by atoms with E-state index in [9.17, 15) is 9.59 Å². The molecule has 5 nitrogen and oxygen atoms in total. The smallest absolute Gasteiger partial charge is 0.236 e. The summed E-state index contributed by atoms with van der Waals surface area (Å²) in [5, 5.41) is 5.24. The Morgan fingerprint density at radius 2 is 2.20 bits per heavy atom. The zero-order valence-electron chi connectivity index (χ0n) is 14.9. The highest BCUT2D eigenvalue weighted by Crippen LogP contribution is 2.19. The van der Waals surface area contributed by atoms with Gasteiger partial charge in [-0.1, -0.05) is 12.5 Å². The molecule has 0 bridgehead atoms. The van der Waals surface area contributed by atoms with Gasteiger partial charge in [-0.15, -0.1) is 11.3 Å². The molecule has 1 atom stereocenters. The van der Waals surface area contributed by atoms with Crippen LogP contribution in [0.4, 0.5) is 0 Å². The molecule has 25 heavy (non-hydrogen) atoms. The Morgan fingerprint density at radius 1 is 1.28 bits per heavy atom. The SMILES string of the molecule is O=C(CCCCCc1cccs1)N1CCCC(N2CCNCC2=O)C1. The number of nitrogens with one attached hydrogen (secondary N) is 1. The van der Waals surface area contributed by atoms with Crippen LogP contribution in [-0.2, 0) is 16.0 Å². The molecule has 3 heterocycles. The van der Waals surface area contributed by atoms with Gasteiger partial charge < -0.3 is 15.1 Å². The van der Waals surface area contributed by atoms with Crippen molar-refractivity contribution in [3.8, 4) is 0 Å². The van der Waals surface area contributed by atoms with Crippen LogP contribution in [-0.4, -0.2) is 60.4 Å². The van der Waals surface area contributed by atoms with Crippen LogP contribution in [0.15, 0.2) is 17.5 Å². The first-order valence-corrected chi connectivity index (χ1v) is 10.4. The minimum absolute atomic E-state index is 0.180. The lowest BCUT2D eigenvalue weighted by Crippen LogP contribution is -2.57. The first-order chi connectivity index (χ1) is 12.2. The zero-order chi connectivity index (χ0) is 17.5. The molecule has 2 saturated heterocycles. The zero-order valence-corrected chi connectivity index (χ0v) is 15.7. The monoisotopic (exact) mass is 363 g/mol. The number of piperazine rings is 1. The highest BCUT2D eigenvalue weighted by Gasteiger charge is 2.31. The molecule has 1 aromatic heterocycles. The van der Waals surface area contributed by atoms with E-state index >= 15 is 0 Å². The van der Waals surface area contributed by atoms with Crippen LogP contribution in [0, 0.1) is 0 Å². The van der Waals surface area contributed by atoms with E-state index in [0.717, 1.165) is 64.7 Å². The summed E-state index contributed by atoms with van der Waals surface area (Å²) in [5.41, 5.74) is 0. The molecule has 2 amide bonds. The number of hydrogen-bond acceptors (Lipinski definition) is 4. The fourth-order valence-electron chi connectivity index (χ4n) is 3.81. The van der Waals surface area contributed by atoms with E-state index in [1.54, 1.807) is 0 Å². The first-order valence-electron chi connectivity index (χ1n) is 9.54. The molecule has 0 saturated carbocycles. The van der Waals surface area contributed by atoms with Gasteiger partial charge in [-0.25, -0.2) is 0 Å². The van der Waals surface area contributed by atoms with Gasteiger partial charge >= 0.3 is 0 Å². The standard InChI is InChI=1S/C19H29N3O2S/c23-18(9-3-1-2-7-17-8-5-13-25-17)21-11-4-6-16(15-21)22-12-10-20-14-19(22)24/h5,8,13,16,20H,1-4,6-7,9-12,14-15H2. The number of carbonyl (C=O) groups is 2. The number of nitrogens with zero attached hydrogens (tertiary/aromatic N) is 2. The van der Waals surface area contributed by atoms with Gasteiger partial charge in [0.2, 0.25) is 11.8 Å². The summed E-state index contributed by atoms with van der Waals surface area (Å²) < 4.78 is 0. The Labute approximate surface area is 154 Å². The topological polar surface area (TPSA) is 52.7 Å². The van der Waals surface area contributed by atoms with Crippen molar-refractivity contribution in [2.75, 3.05) is 32.7 Å². The normalized spacial score (nSPS) is 21.6. The second-order valence-electron chi connectivity index (χ2n) is 7.04. The number of carbonyl (C=O) groups excluding carboxylic acids is 2. The summed E-state index contributed by atoms with van der Waals surface area (Å²) in [5.74, 6) is 0.447. The lowest BCUT2D eigenvalue weighted by Gasteiger charge is -2.41. The average molecular weight is 364 g/mol. The van der Waals surface area contributed by atoms with Crippen LogP contribution in [0.1, 0.15) is 43.4 Å². The Morgan fingerprint density at radius 3 is 3.00 bits per heavy atom. The number of unbranched alkanes of at least 4 members (excludes halogenated alkanes) is 2. The number of aryl methyl sites for hydroxylation is 1. The highest BCUT2D eigenvalue weighted by molar-refractivity contribution is 7.09. The Balaban J connectivity index is 1.37. The molecule has 1 aromatic rings. The molecule has 6 heteroatoms. The number of amides is 2. The molecule has 3 rings (SSSR count). The molecule has 2 aliphatic heterocycles. The summed E-state index contributed by atoms with van der Waals surface area (Å²) >= 11 is 1.81. The van der Waals surface area contributed by atoms with Gasteiger partial charge in [0.25, 0.3) is 0 Å². The van der Waals surface area contributed by atoms with E-state index in [4.69, 9.17) is 0 Å². The highest BCUT2D eigenvalue weighted by atomic mass is 32.1. The van der Waals surface area contributed by atoms with Crippen LogP contribution >= 0.6 is 11.3 Å². The summed E-state index contributed by atoms with van der Waals surface area (Å²) in [6.07, 6.45) is 7.04. The van der Waals surface area contributed by atoms with Crippen molar-refractivity contribution >= 4 is 23.2 Å². The number of rotatable bonds is 7. The van der Waals surface area contributed by atoms with Crippen molar-refractivity contribution in [2.45, 2.75) is 51.0 Å². The quantitative estimate of drug-likeness (QED) is 0.756. The first kappa shape index (κ1) is 18.4. The van der Waals surface area contributed by atoms with Gasteiger partial charge in [0.15, 0.2) is 0 Å². The van der Waals surface area contributed by atoms with E-state index in [1.807, 2.05) is 21.1 Å². The summed E-state index contributed by atoms with van der Waals surface area (Å²) in [6.45, 7) is 3.65. The molecule has 0 spiro atoms. The molecule has 0 aliphatic carbocycles. The number of piperidine rings is 1. The van der Waals surface area contributed by atoms with Gasteiger partial charge in [0.05, 0.1) is 6.54 Å². The third-order valence-electron chi connectivity index (χ3n) is 5.21. The minimum Gasteiger partial charge on any atom is -0.341 e. The predicted octanol–water partition coefficient (Wildman–Crippen LogP) is 2.27. The fraction of sp³-hybridized carbons (Fsp3) is 0.684. The van der Waals surface area contributed by atoms with E-state index in [2.05, 4.69) is 22.8 Å². The third-order valence-corrected chi connectivity index (χ3v) is 6.15. The van der Waals surface area contributed by atoms with Crippen LogP contribution < -0.4 is 5.32 Å². The minimum atomic E-state index is 0.180. The van der Waals surface area contributed by atoms with Crippen LogP contribution in [0.25, 0.3) is 0 Å². The van der Waals surface area contributed by atoms with E-state index in [1.165, 1.54) is 4.88 Å². The van der Waals surface area contributed by atoms with Gasteiger partial charge in [-0.05, 0) is 43.6 Å². The van der Waals surface area contributed by atoms with Gasteiger partial charge in [0, 0.05) is 43.5 Å². The third kappa shape index (κ3) is 5.28. The second-order valence-corrected chi connectivity index (χ2v) is 8.07. The average Bonchev–Trinajstić information content (AvgIpc) is 3.15. The molecule has 1 unspecified atom stereocenters.